The maximum Gasteiger partial charge on any atom is 0.0541 e. The molecule has 0 bridgehead atoms. The van der Waals surface area contributed by atoms with E-state index in [1.165, 1.54) is 66.0 Å². The van der Waals surface area contributed by atoms with Gasteiger partial charge >= 0.3 is 0 Å². The van der Waals surface area contributed by atoms with E-state index in [1.54, 1.807) is 0 Å². The molecule has 12 aromatic rings. The lowest BCUT2D eigenvalue weighted by Crippen LogP contribution is -2.11. The van der Waals surface area contributed by atoms with Crippen molar-refractivity contribution in [2.75, 3.05) is 4.90 Å². The molecule has 2 nitrogen and oxygen atoms in total. The Morgan fingerprint density at radius 2 is 0.712 bits per heavy atom. The molecule has 1 aromatic heterocycles. The normalized spacial score (nSPS) is 11.3. The Hall–Kier alpha value is -8.72. The van der Waals surface area contributed by atoms with Gasteiger partial charge in [-0.2, -0.15) is 0 Å². The van der Waals surface area contributed by atoms with Crippen molar-refractivity contribution < 1.29 is 0 Å². The minimum atomic E-state index is 1.07. The smallest absolute Gasteiger partial charge is 0.0541 e. The van der Waals surface area contributed by atoms with Crippen LogP contribution in [0.1, 0.15) is 0 Å². The van der Waals surface area contributed by atoms with Crippen LogP contribution in [-0.4, -0.2) is 4.57 Å². The molecule has 0 aliphatic heterocycles. The Morgan fingerprint density at radius 3 is 1.39 bits per heavy atom. The van der Waals surface area contributed by atoms with E-state index < -0.39 is 0 Å². The lowest BCUT2D eigenvalue weighted by Gasteiger charge is -2.29. The largest absolute Gasteiger partial charge is 0.310 e. The fourth-order valence-electron chi connectivity index (χ4n) is 10.0. The molecule has 66 heavy (non-hydrogen) atoms. The predicted octanol–water partition coefficient (Wildman–Crippen LogP) is 17.7. The van der Waals surface area contributed by atoms with Gasteiger partial charge in [0.25, 0.3) is 0 Å². The molecule has 0 fully saturated rings. The van der Waals surface area contributed by atoms with E-state index in [1.807, 2.05) is 0 Å². The number of hydrogen-bond acceptors (Lipinski definition) is 1. The van der Waals surface area contributed by atoms with Gasteiger partial charge in [-0.15, -0.1) is 0 Å². The van der Waals surface area contributed by atoms with E-state index in [4.69, 9.17) is 0 Å². The number of aromatic nitrogens is 1. The molecule has 0 unspecified atom stereocenters. The van der Waals surface area contributed by atoms with Crippen LogP contribution >= 0.6 is 0 Å². The number of para-hydroxylation sites is 3. The van der Waals surface area contributed by atoms with Crippen LogP contribution < -0.4 is 4.90 Å². The minimum absolute atomic E-state index is 1.07. The van der Waals surface area contributed by atoms with Crippen LogP contribution in [0.2, 0.25) is 0 Å². The first-order valence-electron chi connectivity index (χ1n) is 22.7. The Labute approximate surface area is 385 Å². The van der Waals surface area contributed by atoms with Gasteiger partial charge in [0, 0.05) is 33.1 Å². The zero-order chi connectivity index (χ0) is 43.8. The van der Waals surface area contributed by atoms with Gasteiger partial charge < -0.3 is 9.47 Å². The molecule has 2 heteroatoms. The molecule has 0 amide bonds. The van der Waals surface area contributed by atoms with Gasteiger partial charge in [-0.1, -0.05) is 218 Å². The number of fused-ring (bicyclic) bond motifs is 4. The second kappa shape index (κ2) is 16.8. The van der Waals surface area contributed by atoms with Crippen LogP contribution in [0, 0.1) is 0 Å². The zero-order valence-corrected chi connectivity index (χ0v) is 36.3. The van der Waals surface area contributed by atoms with E-state index in [0.717, 1.165) is 45.0 Å². The molecular weight excluding hydrogens is 797 g/mol. The van der Waals surface area contributed by atoms with E-state index in [0.29, 0.717) is 0 Å². The van der Waals surface area contributed by atoms with Crippen LogP contribution in [0.3, 0.4) is 0 Å². The summed E-state index contributed by atoms with van der Waals surface area (Å²) in [4.78, 5) is 2.46. The van der Waals surface area contributed by atoms with Gasteiger partial charge in [0.1, 0.15) is 0 Å². The highest BCUT2D eigenvalue weighted by Crippen LogP contribution is 2.47. The summed E-state index contributed by atoms with van der Waals surface area (Å²) in [7, 11) is 0. The maximum absolute atomic E-state index is 2.46. The fourth-order valence-corrected chi connectivity index (χ4v) is 10.0. The molecule has 1 heterocycles. The summed E-state index contributed by atoms with van der Waals surface area (Å²) in [6.07, 6.45) is 0. The van der Waals surface area contributed by atoms with Gasteiger partial charge in [0.2, 0.25) is 0 Å². The number of nitrogens with zero attached hydrogens (tertiary/aromatic N) is 2. The van der Waals surface area contributed by atoms with E-state index in [-0.39, 0.29) is 0 Å². The average Bonchev–Trinajstić information content (AvgIpc) is 3.74. The SMILES string of the molecule is c1ccc(-c2cccc(N(c3ccc(-c4ccccc4-n4c5ccccc5c5ccccc54)c(-c4ccccc4)c3)c3ccc(-c4ccccc4-c4ccccc4)c4ccccc34)c2)cc1. The van der Waals surface area contributed by atoms with E-state index >= 15 is 0 Å². The van der Waals surface area contributed by atoms with Gasteiger partial charge in [0.05, 0.1) is 22.4 Å². The van der Waals surface area contributed by atoms with Gasteiger partial charge in [0.15, 0.2) is 0 Å². The van der Waals surface area contributed by atoms with Crippen LogP contribution in [0.5, 0.6) is 0 Å². The predicted molar refractivity (Wildman–Crippen MR) is 280 cm³/mol. The summed E-state index contributed by atoms with van der Waals surface area (Å²) in [5, 5.41) is 4.86. The lowest BCUT2D eigenvalue weighted by atomic mass is 9.90. The van der Waals surface area contributed by atoms with Gasteiger partial charge in [-0.3, -0.25) is 0 Å². The van der Waals surface area contributed by atoms with Crippen molar-refractivity contribution in [1.82, 2.24) is 4.57 Å². The molecule has 0 radical (unpaired) electrons. The maximum atomic E-state index is 2.46. The van der Waals surface area contributed by atoms with Crippen molar-refractivity contribution in [2.24, 2.45) is 0 Å². The second-order valence-electron chi connectivity index (χ2n) is 16.8. The summed E-state index contributed by atoms with van der Waals surface area (Å²) in [5.41, 5.74) is 18.6. The van der Waals surface area contributed by atoms with Gasteiger partial charge in [-0.25, -0.2) is 0 Å². The Bertz CT molecular complexity index is 3650. The molecule has 11 aromatic carbocycles. The van der Waals surface area contributed by atoms with E-state index in [9.17, 15) is 0 Å². The summed E-state index contributed by atoms with van der Waals surface area (Å²) >= 11 is 0. The molecule has 12 rings (SSSR count). The zero-order valence-electron chi connectivity index (χ0n) is 36.3. The highest BCUT2D eigenvalue weighted by Gasteiger charge is 2.23. The average molecular weight is 841 g/mol. The van der Waals surface area contributed by atoms with Crippen LogP contribution in [0.4, 0.5) is 17.1 Å². The molecule has 0 spiro atoms. The monoisotopic (exact) mass is 840 g/mol. The Morgan fingerprint density at radius 1 is 0.242 bits per heavy atom. The molecule has 0 aliphatic carbocycles. The summed E-state index contributed by atoms with van der Waals surface area (Å²) in [5.74, 6) is 0. The highest BCUT2D eigenvalue weighted by molar-refractivity contribution is 6.11. The molecule has 0 saturated heterocycles. The van der Waals surface area contributed by atoms with Crippen molar-refractivity contribution in [3.63, 3.8) is 0 Å². The molecule has 0 atom stereocenters. The number of anilines is 3. The highest BCUT2D eigenvalue weighted by atomic mass is 15.1. The lowest BCUT2D eigenvalue weighted by molar-refractivity contribution is 1.18. The van der Waals surface area contributed by atoms with Crippen LogP contribution in [0.25, 0.3) is 93.9 Å². The molecule has 0 N–H and O–H groups in total. The third-order valence-electron chi connectivity index (χ3n) is 13.0. The van der Waals surface area contributed by atoms with Crippen molar-refractivity contribution in [3.05, 3.63) is 267 Å². The first-order valence-corrected chi connectivity index (χ1v) is 22.7. The molecule has 310 valence electrons. The first-order chi connectivity index (χ1) is 32.8. The number of rotatable bonds is 9. The molecular formula is C64H44N2. The summed E-state index contributed by atoms with van der Waals surface area (Å²) < 4.78 is 2.44. The van der Waals surface area contributed by atoms with Crippen LogP contribution in [0.15, 0.2) is 267 Å². The van der Waals surface area contributed by atoms with Crippen molar-refractivity contribution in [1.29, 1.82) is 0 Å². The molecule has 0 saturated carbocycles. The number of hydrogen-bond donors (Lipinski definition) is 0. The van der Waals surface area contributed by atoms with Crippen molar-refractivity contribution in [3.8, 4) is 61.3 Å². The molecule has 0 aliphatic rings. The van der Waals surface area contributed by atoms with Crippen molar-refractivity contribution >= 4 is 49.6 Å². The quantitative estimate of drug-likeness (QED) is 0.141. The number of benzene rings is 11. The third-order valence-corrected chi connectivity index (χ3v) is 13.0. The standard InChI is InChI=1S/C64H44N2/c1-4-21-45(22-5-1)48-27-20-28-49(43-48)65(64-42-41-54(53-31-12-13-32-56(53)64)52-30-11-10-29-51(52)46-23-6-2-7-24-46)50-39-40-55(60(44-50)47-25-8-3-9-26-47)57-33-14-17-36-61(57)66-62-37-18-15-34-58(62)59-35-16-19-38-63(59)66/h1-44H. The summed E-state index contributed by atoms with van der Waals surface area (Å²) in [6, 6.07) is 97.0. The summed E-state index contributed by atoms with van der Waals surface area (Å²) in [6.45, 7) is 0. The topological polar surface area (TPSA) is 8.17 Å². The van der Waals surface area contributed by atoms with Gasteiger partial charge in [-0.05, 0) is 104 Å². The first kappa shape index (κ1) is 38.9. The van der Waals surface area contributed by atoms with E-state index in [2.05, 4.69) is 276 Å². The Kier molecular flexibility index (Phi) is 9.89. The van der Waals surface area contributed by atoms with Crippen LogP contribution in [-0.2, 0) is 0 Å². The van der Waals surface area contributed by atoms with Crippen molar-refractivity contribution in [2.45, 2.75) is 0 Å². The fraction of sp³-hybridized carbons (Fsp3) is 0. The second-order valence-corrected chi connectivity index (χ2v) is 16.8. The Balaban J connectivity index is 1.09. The third kappa shape index (κ3) is 6.84. The minimum Gasteiger partial charge on any atom is -0.310 e.